The van der Waals surface area contributed by atoms with E-state index in [2.05, 4.69) is 43.5 Å². The van der Waals surface area contributed by atoms with Gasteiger partial charge in [0, 0.05) is 6.04 Å². The third kappa shape index (κ3) is 3.51. The third-order valence-electron chi connectivity index (χ3n) is 4.14. The fourth-order valence-corrected chi connectivity index (χ4v) is 4.01. The van der Waals surface area contributed by atoms with Gasteiger partial charge in [0.15, 0.2) is 0 Å². The molecule has 2 aromatic rings. The Hall–Kier alpha value is -1.59. The van der Waals surface area contributed by atoms with Crippen LogP contribution in [0.1, 0.15) is 33.6 Å². The number of anilines is 1. The Bertz CT molecular complexity index is 706. The van der Waals surface area contributed by atoms with Crippen molar-refractivity contribution in [3.63, 3.8) is 0 Å². The predicted molar refractivity (Wildman–Crippen MR) is 98.5 cm³/mol. The lowest BCUT2D eigenvalue weighted by atomic mass is 10.1. The van der Waals surface area contributed by atoms with E-state index in [4.69, 9.17) is 0 Å². The van der Waals surface area contributed by atoms with Crippen molar-refractivity contribution in [1.82, 2.24) is 9.27 Å². The normalized spacial score (nSPS) is 16.5. The van der Waals surface area contributed by atoms with Gasteiger partial charge in [-0.1, -0.05) is 41.9 Å². The van der Waals surface area contributed by atoms with Gasteiger partial charge in [-0.15, -0.1) is 0 Å². The monoisotopic (exact) mass is 331 g/mol. The van der Waals surface area contributed by atoms with Gasteiger partial charge < -0.3 is 10.6 Å². The second kappa shape index (κ2) is 6.49. The fraction of sp³-hybridized carbons (Fsp3) is 0.500. The highest BCUT2D eigenvalue weighted by Crippen LogP contribution is 2.34. The highest BCUT2D eigenvalue weighted by Gasteiger charge is 2.25. The standard InChI is InChI=1S/C18H25N3OS/c1-18(2,3)21-17(22)15(20-14-9-11-19-12-10-14)16(23-21)13-7-5-4-6-8-13/h4-8,14,19-20H,9-12H2,1-3H3. The van der Waals surface area contributed by atoms with Crippen LogP contribution in [0.3, 0.4) is 0 Å². The summed E-state index contributed by atoms with van der Waals surface area (Å²) >= 11 is 1.56. The van der Waals surface area contributed by atoms with E-state index in [9.17, 15) is 4.79 Å². The van der Waals surface area contributed by atoms with Crippen molar-refractivity contribution in [2.75, 3.05) is 18.4 Å². The van der Waals surface area contributed by atoms with Gasteiger partial charge in [0.25, 0.3) is 5.56 Å². The number of hydrogen-bond acceptors (Lipinski definition) is 4. The van der Waals surface area contributed by atoms with Gasteiger partial charge in [0.05, 0.1) is 10.4 Å². The summed E-state index contributed by atoms with van der Waals surface area (Å²) in [6, 6.07) is 10.6. The molecule has 0 spiro atoms. The van der Waals surface area contributed by atoms with Crippen molar-refractivity contribution in [2.24, 2.45) is 0 Å². The first-order chi connectivity index (χ1) is 11.0. The zero-order chi connectivity index (χ0) is 16.4. The summed E-state index contributed by atoms with van der Waals surface area (Å²) in [7, 11) is 0. The Morgan fingerprint density at radius 2 is 1.83 bits per heavy atom. The lowest BCUT2D eigenvalue weighted by molar-refractivity contribution is 0.419. The minimum absolute atomic E-state index is 0.0971. The van der Waals surface area contributed by atoms with Gasteiger partial charge in [-0.3, -0.25) is 8.75 Å². The number of rotatable bonds is 3. The molecule has 1 aliphatic rings. The Morgan fingerprint density at radius 3 is 2.43 bits per heavy atom. The van der Waals surface area contributed by atoms with E-state index in [0.717, 1.165) is 42.1 Å². The molecule has 124 valence electrons. The molecule has 1 fully saturated rings. The Balaban J connectivity index is 2.04. The summed E-state index contributed by atoms with van der Waals surface area (Å²) in [5.74, 6) is 0. The Morgan fingerprint density at radius 1 is 1.17 bits per heavy atom. The zero-order valence-electron chi connectivity index (χ0n) is 14.1. The summed E-state index contributed by atoms with van der Waals surface area (Å²) in [6.07, 6.45) is 2.11. The first-order valence-corrected chi connectivity index (χ1v) is 9.03. The van der Waals surface area contributed by atoms with Gasteiger partial charge in [0.1, 0.15) is 5.69 Å². The maximum atomic E-state index is 13.0. The number of benzene rings is 1. The van der Waals surface area contributed by atoms with E-state index in [1.54, 1.807) is 11.5 Å². The molecule has 0 amide bonds. The molecule has 0 aliphatic carbocycles. The average molecular weight is 331 g/mol. The van der Waals surface area contributed by atoms with Crippen LogP contribution in [0.15, 0.2) is 35.1 Å². The lowest BCUT2D eigenvalue weighted by Gasteiger charge is -2.24. The molecule has 23 heavy (non-hydrogen) atoms. The number of aromatic nitrogens is 1. The summed E-state index contributed by atoms with van der Waals surface area (Å²) in [4.78, 5) is 14.0. The molecular weight excluding hydrogens is 306 g/mol. The van der Waals surface area contributed by atoms with Crippen molar-refractivity contribution in [3.05, 3.63) is 40.7 Å². The van der Waals surface area contributed by atoms with Crippen LogP contribution in [-0.4, -0.2) is 23.1 Å². The van der Waals surface area contributed by atoms with Crippen LogP contribution >= 0.6 is 11.5 Å². The molecule has 0 bridgehead atoms. The smallest absolute Gasteiger partial charge is 0.285 e. The van der Waals surface area contributed by atoms with E-state index in [-0.39, 0.29) is 11.1 Å². The molecule has 1 aromatic heterocycles. The van der Waals surface area contributed by atoms with Crippen molar-refractivity contribution in [1.29, 1.82) is 0 Å². The topological polar surface area (TPSA) is 46.1 Å². The van der Waals surface area contributed by atoms with Gasteiger partial charge in [0.2, 0.25) is 0 Å². The summed E-state index contributed by atoms with van der Waals surface area (Å²) in [5, 5.41) is 6.92. The van der Waals surface area contributed by atoms with Crippen LogP contribution < -0.4 is 16.2 Å². The summed E-state index contributed by atoms with van der Waals surface area (Å²) in [5.41, 5.74) is 1.76. The molecule has 5 heteroatoms. The first-order valence-electron chi connectivity index (χ1n) is 8.26. The lowest BCUT2D eigenvalue weighted by Crippen LogP contribution is -2.37. The van der Waals surface area contributed by atoms with Gasteiger partial charge in [-0.05, 0) is 52.3 Å². The Kier molecular flexibility index (Phi) is 4.60. The van der Waals surface area contributed by atoms with Crippen LogP contribution in [0.4, 0.5) is 5.69 Å². The van der Waals surface area contributed by atoms with Crippen LogP contribution in [0.5, 0.6) is 0 Å². The Labute approximate surface area is 141 Å². The van der Waals surface area contributed by atoms with E-state index in [0.29, 0.717) is 6.04 Å². The van der Waals surface area contributed by atoms with E-state index >= 15 is 0 Å². The number of hydrogen-bond donors (Lipinski definition) is 2. The van der Waals surface area contributed by atoms with Crippen LogP contribution in [0.25, 0.3) is 10.4 Å². The minimum atomic E-state index is -0.209. The quantitative estimate of drug-likeness (QED) is 0.905. The van der Waals surface area contributed by atoms with Crippen molar-refractivity contribution < 1.29 is 0 Å². The van der Waals surface area contributed by atoms with Gasteiger partial charge >= 0.3 is 0 Å². The van der Waals surface area contributed by atoms with Crippen LogP contribution in [0, 0.1) is 0 Å². The highest BCUT2D eigenvalue weighted by atomic mass is 32.1. The second-order valence-electron chi connectivity index (χ2n) is 7.10. The summed E-state index contributed by atoms with van der Waals surface area (Å²) < 4.78 is 1.89. The highest BCUT2D eigenvalue weighted by molar-refractivity contribution is 7.11. The van der Waals surface area contributed by atoms with E-state index in [1.165, 1.54) is 0 Å². The number of nitrogens with zero attached hydrogens (tertiary/aromatic N) is 1. The number of nitrogens with one attached hydrogen (secondary N) is 2. The molecule has 0 radical (unpaired) electrons. The average Bonchev–Trinajstić information content (AvgIpc) is 2.86. The molecule has 0 atom stereocenters. The largest absolute Gasteiger partial charge is 0.377 e. The summed E-state index contributed by atoms with van der Waals surface area (Å²) in [6.45, 7) is 8.25. The molecule has 2 N–H and O–H groups in total. The molecule has 1 aromatic carbocycles. The fourth-order valence-electron chi connectivity index (χ4n) is 2.90. The molecular formula is C18H25N3OS. The van der Waals surface area contributed by atoms with E-state index < -0.39 is 0 Å². The molecule has 3 rings (SSSR count). The number of piperidine rings is 1. The third-order valence-corrected chi connectivity index (χ3v) is 5.66. The van der Waals surface area contributed by atoms with Crippen molar-refractivity contribution in [3.8, 4) is 10.4 Å². The van der Waals surface area contributed by atoms with E-state index in [1.807, 2.05) is 22.2 Å². The van der Waals surface area contributed by atoms with Crippen molar-refractivity contribution in [2.45, 2.75) is 45.2 Å². The van der Waals surface area contributed by atoms with Crippen LogP contribution in [-0.2, 0) is 5.54 Å². The molecule has 2 heterocycles. The molecule has 4 nitrogen and oxygen atoms in total. The molecule has 0 unspecified atom stereocenters. The maximum absolute atomic E-state index is 13.0. The SMILES string of the molecule is CC(C)(C)n1sc(-c2ccccc2)c(NC2CCNCC2)c1=O. The van der Waals surface area contributed by atoms with Gasteiger partial charge in [-0.2, -0.15) is 0 Å². The molecule has 1 saturated heterocycles. The first kappa shape index (κ1) is 16.3. The molecule has 1 aliphatic heterocycles. The van der Waals surface area contributed by atoms with Gasteiger partial charge in [-0.25, -0.2) is 0 Å². The van der Waals surface area contributed by atoms with Crippen molar-refractivity contribution >= 4 is 17.2 Å². The predicted octanol–water partition coefficient (Wildman–Crippen LogP) is 3.50. The zero-order valence-corrected chi connectivity index (χ0v) is 14.9. The maximum Gasteiger partial charge on any atom is 0.285 e. The second-order valence-corrected chi connectivity index (χ2v) is 8.06. The minimum Gasteiger partial charge on any atom is -0.377 e. The van der Waals surface area contributed by atoms with Crippen LogP contribution in [0.2, 0.25) is 0 Å². The molecule has 0 saturated carbocycles.